The summed E-state index contributed by atoms with van der Waals surface area (Å²) in [5.41, 5.74) is -1.08. The van der Waals surface area contributed by atoms with Gasteiger partial charge in [0.15, 0.2) is 0 Å². The number of nitrogens with zero attached hydrogens (tertiary/aromatic N) is 3. The topological polar surface area (TPSA) is 83.1 Å². The molecule has 1 saturated carbocycles. The summed E-state index contributed by atoms with van der Waals surface area (Å²) in [6.45, 7) is 0. The molecular weight excluding hydrogens is 476 g/mol. The van der Waals surface area contributed by atoms with Crippen LogP contribution >= 0.6 is 22.6 Å². The van der Waals surface area contributed by atoms with Crippen molar-refractivity contribution < 1.29 is 12.8 Å². The molecule has 0 aliphatic heterocycles. The van der Waals surface area contributed by atoms with Crippen LogP contribution in [0.15, 0.2) is 43.5 Å². The van der Waals surface area contributed by atoms with E-state index in [2.05, 4.69) is 0 Å². The summed E-state index contributed by atoms with van der Waals surface area (Å²) in [5.74, 6) is 0. The Bertz CT molecular complexity index is 1200. The van der Waals surface area contributed by atoms with Gasteiger partial charge in [0.05, 0.1) is 11.3 Å². The van der Waals surface area contributed by atoms with E-state index in [0.29, 0.717) is 16.4 Å². The molecule has 2 atom stereocenters. The maximum Gasteiger partial charge on any atom is 0.344 e. The van der Waals surface area contributed by atoms with Gasteiger partial charge in [-0.15, -0.1) is 0 Å². The molecule has 0 N–H and O–H groups in total. The van der Waals surface area contributed by atoms with Crippen molar-refractivity contribution in [2.24, 2.45) is 7.05 Å². The van der Waals surface area contributed by atoms with Crippen LogP contribution in [0.1, 0.15) is 18.9 Å². The zero-order valence-electron chi connectivity index (χ0n) is 13.7. The molecule has 2 aromatic rings. The highest BCUT2D eigenvalue weighted by Gasteiger charge is 2.41. The monoisotopic (exact) mass is 491 g/mol. The maximum absolute atomic E-state index is 14.7. The lowest BCUT2D eigenvalue weighted by molar-refractivity contribution is 0.314. The Labute approximate surface area is 161 Å². The molecule has 2 aliphatic carbocycles. The number of aromatic nitrogens is 3. The predicted octanol–water partition coefficient (Wildman–Crippen LogP) is 1.61. The van der Waals surface area contributed by atoms with Gasteiger partial charge >= 0.3 is 5.69 Å². The fourth-order valence-corrected chi connectivity index (χ4v) is 5.51. The highest BCUT2D eigenvalue weighted by atomic mass is 127. The minimum absolute atomic E-state index is 0.0915. The van der Waals surface area contributed by atoms with E-state index in [1.807, 2.05) is 22.6 Å². The Morgan fingerprint density at radius 1 is 1.23 bits per heavy atom. The van der Waals surface area contributed by atoms with Crippen LogP contribution in [0.2, 0.25) is 0 Å². The Morgan fingerprint density at radius 3 is 2.54 bits per heavy atom. The highest BCUT2D eigenvalue weighted by Crippen LogP contribution is 2.33. The first-order valence-electron chi connectivity index (χ1n) is 8.00. The molecule has 2 aromatic heterocycles. The molecule has 138 valence electrons. The zero-order valence-corrected chi connectivity index (χ0v) is 16.6. The molecular formula is C16H15FIN3O4S. The fraction of sp³-hybridized carbons (Fsp3) is 0.375. The molecule has 2 unspecified atom stereocenters. The van der Waals surface area contributed by atoms with E-state index in [1.165, 1.54) is 35.9 Å². The largest absolute Gasteiger partial charge is 0.344 e. The van der Waals surface area contributed by atoms with Gasteiger partial charge in [-0.3, -0.25) is 13.9 Å². The van der Waals surface area contributed by atoms with E-state index >= 15 is 0 Å². The Balaban J connectivity index is 2.10. The van der Waals surface area contributed by atoms with Gasteiger partial charge in [-0.2, -0.15) is 3.97 Å². The van der Waals surface area contributed by atoms with Crippen LogP contribution in [0.5, 0.6) is 0 Å². The van der Waals surface area contributed by atoms with Gasteiger partial charge < -0.3 is 0 Å². The number of hydrogen-bond acceptors (Lipinski definition) is 4. The van der Waals surface area contributed by atoms with Gasteiger partial charge in [0.1, 0.15) is 17.3 Å². The molecule has 4 rings (SSSR count). The highest BCUT2D eigenvalue weighted by molar-refractivity contribution is 14.1. The van der Waals surface area contributed by atoms with E-state index in [4.69, 9.17) is 0 Å². The average molecular weight is 491 g/mol. The standard InChI is InChI=1S/C16H15FIN3O4S/c1-19-14(22)7-6-13-15(19)20(12-5-2-9(18)8-11(12)17)16(23)21(13)26(24,25)10-3-4-10/h2,5-8,10-12H,3-4H2,1H3. The van der Waals surface area contributed by atoms with E-state index in [1.54, 1.807) is 6.08 Å². The third kappa shape index (κ3) is 2.53. The number of halogens is 2. The molecule has 0 spiro atoms. The van der Waals surface area contributed by atoms with Crippen LogP contribution in [0.3, 0.4) is 0 Å². The van der Waals surface area contributed by atoms with Crippen molar-refractivity contribution in [1.29, 1.82) is 0 Å². The first-order chi connectivity index (χ1) is 12.2. The number of fused-ring (bicyclic) bond motifs is 1. The third-order valence-electron chi connectivity index (χ3n) is 4.68. The van der Waals surface area contributed by atoms with Gasteiger partial charge in [0, 0.05) is 16.7 Å². The molecule has 0 radical (unpaired) electrons. The number of aryl methyl sites for hydroxylation is 1. The average Bonchev–Trinajstić information content (AvgIpc) is 3.37. The zero-order chi connectivity index (χ0) is 18.8. The quantitative estimate of drug-likeness (QED) is 0.612. The first kappa shape index (κ1) is 17.7. The van der Waals surface area contributed by atoms with Crippen LogP contribution in [0, 0.1) is 0 Å². The Kier molecular flexibility index (Phi) is 4.03. The van der Waals surface area contributed by atoms with Crippen LogP contribution < -0.4 is 11.2 Å². The van der Waals surface area contributed by atoms with Crippen molar-refractivity contribution >= 4 is 43.8 Å². The lowest BCUT2D eigenvalue weighted by Gasteiger charge is -2.20. The van der Waals surface area contributed by atoms with Crippen molar-refractivity contribution in [3.05, 3.63) is 54.8 Å². The van der Waals surface area contributed by atoms with Crippen molar-refractivity contribution in [2.45, 2.75) is 30.3 Å². The normalized spacial score (nSPS) is 23.4. The van der Waals surface area contributed by atoms with Gasteiger partial charge in [-0.1, -0.05) is 12.2 Å². The van der Waals surface area contributed by atoms with Gasteiger partial charge in [-0.25, -0.2) is 17.6 Å². The summed E-state index contributed by atoms with van der Waals surface area (Å²) in [6, 6.07) is 1.50. The predicted molar refractivity (Wildman–Crippen MR) is 104 cm³/mol. The summed E-state index contributed by atoms with van der Waals surface area (Å²) in [4.78, 5) is 25.1. The number of pyridine rings is 1. The lowest BCUT2D eigenvalue weighted by Crippen LogP contribution is -2.35. The summed E-state index contributed by atoms with van der Waals surface area (Å²) in [6.07, 6.45) is 4.00. The van der Waals surface area contributed by atoms with E-state index in [-0.39, 0.29) is 11.2 Å². The molecule has 0 amide bonds. The van der Waals surface area contributed by atoms with Crippen LogP contribution in [-0.4, -0.2) is 32.9 Å². The molecule has 0 aromatic carbocycles. The summed E-state index contributed by atoms with van der Waals surface area (Å²) in [7, 11) is -2.46. The first-order valence-corrected chi connectivity index (χ1v) is 10.6. The van der Waals surface area contributed by atoms with E-state index < -0.39 is 38.7 Å². The molecule has 2 aliphatic rings. The molecule has 0 saturated heterocycles. The Morgan fingerprint density at radius 2 is 1.92 bits per heavy atom. The molecule has 2 heterocycles. The van der Waals surface area contributed by atoms with Gasteiger partial charge in [-0.05, 0) is 47.6 Å². The second-order valence-corrected chi connectivity index (χ2v) is 9.75. The molecule has 26 heavy (non-hydrogen) atoms. The summed E-state index contributed by atoms with van der Waals surface area (Å²) in [5, 5.41) is -0.611. The van der Waals surface area contributed by atoms with Crippen molar-refractivity contribution in [2.75, 3.05) is 0 Å². The lowest BCUT2D eigenvalue weighted by atomic mass is 10.1. The summed E-state index contributed by atoms with van der Waals surface area (Å²) >= 11 is 1.97. The minimum Gasteiger partial charge on any atom is -0.296 e. The molecule has 1 fully saturated rings. The number of hydrogen-bond donors (Lipinski definition) is 0. The molecule has 10 heteroatoms. The van der Waals surface area contributed by atoms with Gasteiger partial charge in [0.2, 0.25) is 10.0 Å². The van der Waals surface area contributed by atoms with Crippen molar-refractivity contribution in [3.8, 4) is 0 Å². The minimum atomic E-state index is -3.89. The number of alkyl halides is 1. The van der Waals surface area contributed by atoms with E-state index in [9.17, 15) is 22.4 Å². The van der Waals surface area contributed by atoms with Crippen LogP contribution in [0.25, 0.3) is 11.2 Å². The molecule has 7 nitrogen and oxygen atoms in total. The van der Waals surface area contributed by atoms with Crippen molar-refractivity contribution in [1.82, 2.24) is 13.1 Å². The Hall–Kier alpha value is -1.69. The van der Waals surface area contributed by atoms with Crippen LogP contribution in [0.4, 0.5) is 4.39 Å². The second kappa shape index (κ2) is 5.91. The second-order valence-electron chi connectivity index (χ2n) is 6.45. The fourth-order valence-electron chi connectivity index (χ4n) is 3.21. The smallest absolute Gasteiger partial charge is 0.296 e. The maximum atomic E-state index is 14.7. The van der Waals surface area contributed by atoms with Crippen molar-refractivity contribution in [3.63, 3.8) is 0 Å². The SMILES string of the molecule is Cn1c(=O)ccc2c1n(C1C=CC(I)=CC1F)c(=O)n2S(=O)(=O)C1CC1. The number of allylic oxidation sites excluding steroid dienone is 4. The third-order valence-corrected chi connectivity index (χ3v) is 7.58. The summed E-state index contributed by atoms with van der Waals surface area (Å²) < 4.78 is 43.9. The number of rotatable bonds is 3. The van der Waals surface area contributed by atoms with Gasteiger partial charge in [0.25, 0.3) is 5.56 Å². The molecule has 0 bridgehead atoms. The van der Waals surface area contributed by atoms with Crippen LogP contribution in [-0.2, 0) is 17.1 Å². The van der Waals surface area contributed by atoms with E-state index in [0.717, 1.165) is 8.54 Å². The number of imidazole rings is 1.